The van der Waals surface area contributed by atoms with E-state index in [1.807, 2.05) is 61.5 Å². The van der Waals surface area contributed by atoms with Crippen molar-refractivity contribution in [3.05, 3.63) is 157 Å². The highest BCUT2D eigenvalue weighted by Crippen LogP contribution is 2.62. The van der Waals surface area contributed by atoms with Crippen molar-refractivity contribution >= 4 is 50.7 Å². The molecule has 59 heavy (non-hydrogen) atoms. The van der Waals surface area contributed by atoms with Crippen LogP contribution in [0.1, 0.15) is 42.0 Å². The Labute approximate surface area is 346 Å². The van der Waals surface area contributed by atoms with Gasteiger partial charge in [-0.05, 0) is 78.8 Å². The molecule has 2 aliphatic heterocycles. The van der Waals surface area contributed by atoms with Crippen LogP contribution in [-0.2, 0) is 29.8 Å². The number of anilines is 1. The number of nitrogens with zero attached hydrogens (tertiary/aromatic N) is 6. The van der Waals surface area contributed by atoms with Crippen LogP contribution in [0.15, 0.2) is 124 Å². The number of para-hydroxylation sites is 1. The van der Waals surface area contributed by atoms with Gasteiger partial charge in [0.2, 0.25) is 11.8 Å². The lowest BCUT2D eigenvalue weighted by Gasteiger charge is -2.47. The fraction of sp³-hybridized carbons (Fsp3) is 0.222. The van der Waals surface area contributed by atoms with Crippen molar-refractivity contribution in [3.8, 4) is 27.8 Å². The van der Waals surface area contributed by atoms with E-state index in [1.54, 1.807) is 78.5 Å². The van der Waals surface area contributed by atoms with Crippen LogP contribution < -0.4 is 21.0 Å². The summed E-state index contributed by atoms with van der Waals surface area (Å²) in [6.45, 7) is 4.10. The van der Waals surface area contributed by atoms with Gasteiger partial charge in [0.05, 0.1) is 34.5 Å². The van der Waals surface area contributed by atoms with Crippen molar-refractivity contribution in [3.63, 3.8) is 0 Å². The minimum atomic E-state index is -1.41. The zero-order valence-electron chi connectivity index (χ0n) is 32.2. The number of hydrogen-bond donors (Lipinski definition) is 1. The van der Waals surface area contributed by atoms with Crippen LogP contribution in [0.25, 0.3) is 26.3 Å². The van der Waals surface area contributed by atoms with Gasteiger partial charge in [0, 0.05) is 40.4 Å². The zero-order valence-corrected chi connectivity index (χ0v) is 33.8. The third-order valence-corrected chi connectivity index (χ3v) is 13.9. The summed E-state index contributed by atoms with van der Waals surface area (Å²) in [5.74, 6) is -2.12. The molecule has 0 unspecified atom stereocenters. The number of carbonyl (C=O) groups is 2. The molecule has 0 spiro atoms. The number of allylic oxidation sites excluding steroid dienone is 2. The van der Waals surface area contributed by atoms with Crippen LogP contribution in [0.4, 0.5) is 5.82 Å². The van der Waals surface area contributed by atoms with E-state index in [1.165, 1.54) is 20.3 Å². The van der Waals surface area contributed by atoms with E-state index in [0.717, 1.165) is 30.7 Å². The Morgan fingerprint density at radius 1 is 0.932 bits per heavy atom. The lowest BCUT2D eigenvalue weighted by Crippen LogP contribution is -2.49. The number of hydrogen-bond acceptors (Lipinski definition) is 8. The maximum Gasteiger partial charge on any atom is 0.352 e. The first-order chi connectivity index (χ1) is 28.4. The largest absolute Gasteiger partial charge is 0.508 e. The number of aryl methyl sites for hydroxylation is 2. The average Bonchev–Trinajstić information content (AvgIpc) is 3.91. The Hall–Kier alpha value is -6.44. The number of carbonyl (C=O) groups excluding carboxylic acids is 2. The van der Waals surface area contributed by atoms with Crippen LogP contribution in [0.3, 0.4) is 0 Å². The van der Waals surface area contributed by atoms with Crippen molar-refractivity contribution in [2.24, 2.45) is 18.4 Å². The summed E-state index contributed by atoms with van der Waals surface area (Å²) in [5.41, 5.74) is 1.55. The van der Waals surface area contributed by atoms with Gasteiger partial charge in [0.15, 0.2) is 0 Å². The molecule has 2 amide bonds. The molecule has 1 N–H and O–H groups in total. The van der Waals surface area contributed by atoms with Crippen LogP contribution in [-0.4, -0.2) is 40.6 Å². The number of rotatable bonds is 7. The van der Waals surface area contributed by atoms with Gasteiger partial charge in [0.1, 0.15) is 29.6 Å². The monoisotopic (exact) mass is 824 g/mol. The summed E-state index contributed by atoms with van der Waals surface area (Å²) in [4.78, 5) is 60.6. The number of phenolic OH excluding ortho intramolecular Hbond substituents is 1. The molecule has 0 radical (unpaired) electrons. The van der Waals surface area contributed by atoms with Gasteiger partial charge in [-0.15, -0.1) is 11.3 Å². The number of imide groups is 1. The van der Waals surface area contributed by atoms with Crippen molar-refractivity contribution in [2.45, 2.75) is 45.4 Å². The highest BCUT2D eigenvalue weighted by molar-refractivity contribution is 7.22. The molecule has 4 aromatic carbocycles. The molecule has 3 aromatic heterocycles. The van der Waals surface area contributed by atoms with Gasteiger partial charge in [-0.25, -0.2) is 28.4 Å². The van der Waals surface area contributed by atoms with Gasteiger partial charge < -0.3 is 9.84 Å². The highest BCUT2D eigenvalue weighted by atomic mass is 35.5. The number of halogens is 1. The molecule has 7 aromatic rings. The first-order valence-electron chi connectivity index (χ1n) is 19.3. The molecule has 4 atom stereocenters. The number of ether oxygens (including phenoxy) is 1. The maximum absolute atomic E-state index is 15.3. The van der Waals surface area contributed by atoms with Gasteiger partial charge >= 0.3 is 11.4 Å². The van der Waals surface area contributed by atoms with Crippen molar-refractivity contribution in [1.82, 2.24) is 23.7 Å². The number of thiophene rings is 1. The number of amides is 2. The Bertz CT molecular complexity index is 3030. The van der Waals surface area contributed by atoms with E-state index in [-0.39, 0.29) is 25.3 Å². The van der Waals surface area contributed by atoms with E-state index in [9.17, 15) is 19.5 Å². The second-order valence-electron chi connectivity index (χ2n) is 15.6. The van der Waals surface area contributed by atoms with Gasteiger partial charge in [-0.3, -0.25) is 14.3 Å². The second kappa shape index (κ2) is 13.6. The third-order valence-electron chi connectivity index (χ3n) is 12.3. The van der Waals surface area contributed by atoms with Crippen molar-refractivity contribution < 1.29 is 19.4 Å². The van der Waals surface area contributed by atoms with E-state index in [4.69, 9.17) is 21.4 Å². The summed E-state index contributed by atoms with van der Waals surface area (Å²) in [5, 5.41) is 18.3. The molecule has 0 bridgehead atoms. The number of fused-ring (bicyclic) bond motifs is 5. The Balaban J connectivity index is 1.09. The first kappa shape index (κ1) is 36.9. The SMILES string of the molecule is Cc1c(-c2cc(N3C(=O)[C@@H]4C[C@@H]5C(=CCn6c(=O)n(-c7ccccc7)c(=O)n65)[C@H](c5ccc(OCc6ccccc6)cc5O)[C@]4(C)C3=O)n(C)n2)sc2ccc(Cl)cc12. The van der Waals surface area contributed by atoms with E-state index >= 15 is 4.79 Å². The predicted molar refractivity (Wildman–Crippen MR) is 226 cm³/mol. The maximum atomic E-state index is 15.3. The summed E-state index contributed by atoms with van der Waals surface area (Å²) in [7, 11) is 1.70. The Morgan fingerprint density at radius 3 is 2.42 bits per heavy atom. The average molecular weight is 825 g/mol. The summed E-state index contributed by atoms with van der Waals surface area (Å²) in [6, 6.07) is 30.0. The van der Waals surface area contributed by atoms with Crippen molar-refractivity contribution in [1.29, 1.82) is 0 Å². The highest BCUT2D eigenvalue weighted by Gasteiger charge is 2.66. The number of aromatic hydroxyl groups is 1. The summed E-state index contributed by atoms with van der Waals surface area (Å²) < 4.78 is 12.6. The van der Waals surface area contributed by atoms with Gasteiger partial charge in [-0.1, -0.05) is 72.3 Å². The fourth-order valence-electron chi connectivity index (χ4n) is 9.45. The minimum Gasteiger partial charge on any atom is -0.508 e. The number of aromatic nitrogens is 5. The molecule has 296 valence electrons. The second-order valence-corrected chi connectivity index (χ2v) is 17.1. The lowest BCUT2D eigenvalue weighted by atomic mass is 9.56. The van der Waals surface area contributed by atoms with Gasteiger partial charge in [-0.2, -0.15) is 5.10 Å². The number of phenols is 1. The molecule has 1 aliphatic carbocycles. The predicted octanol–water partition coefficient (Wildman–Crippen LogP) is 7.53. The standard InChI is InChI=1S/C45H37ClN6O6S/c1-25-32-20-27(46)14-17-37(32)59-40(25)34-23-38(48(3)47-34)51-41(54)33-22-35-30(18-19-49-43(56)50(44(57)52(35)49)28-12-8-5-9-13-28)39(45(33,2)42(51)55)31-16-15-29(21-36(31)53)58-24-26-10-6-4-7-11-26/h4-18,20-21,23,33,35,39,53H,19,22,24H2,1-3H3/t33-,35+,39+,45+/m0/s1. The molecular weight excluding hydrogens is 788 g/mol. The van der Waals surface area contributed by atoms with Crippen LogP contribution in [0.2, 0.25) is 5.02 Å². The molecule has 10 rings (SSSR count). The molecule has 3 aliphatic rings. The smallest absolute Gasteiger partial charge is 0.352 e. The quantitative estimate of drug-likeness (QED) is 0.130. The molecule has 1 saturated carbocycles. The van der Waals surface area contributed by atoms with Crippen LogP contribution in [0.5, 0.6) is 11.5 Å². The third kappa shape index (κ3) is 5.51. The fourth-order valence-corrected chi connectivity index (χ4v) is 10.8. The Morgan fingerprint density at radius 2 is 1.68 bits per heavy atom. The zero-order chi connectivity index (χ0) is 40.9. The molecule has 1 saturated heterocycles. The summed E-state index contributed by atoms with van der Waals surface area (Å²) >= 11 is 7.89. The van der Waals surface area contributed by atoms with E-state index in [0.29, 0.717) is 39.1 Å². The van der Waals surface area contributed by atoms with Crippen molar-refractivity contribution in [2.75, 3.05) is 4.90 Å². The minimum absolute atomic E-state index is 0.0483. The first-order valence-corrected chi connectivity index (χ1v) is 20.5. The normalized spacial score (nSPS) is 21.1. The lowest BCUT2D eigenvalue weighted by molar-refractivity contribution is -0.129. The topological polar surface area (TPSA) is 134 Å². The number of benzene rings is 4. The molecule has 2 fully saturated rings. The Kier molecular flexibility index (Phi) is 8.48. The molecule has 12 nitrogen and oxygen atoms in total. The van der Waals surface area contributed by atoms with E-state index < -0.39 is 46.5 Å². The molecule has 14 heteroatoms. The van der Waals surface area contributed by atoms with E-state index in [2.05, 4.69) is 0 Å². The van der Waals surface area contributed by atoms with Crippen LogP contribution >= 0.6 is 22.9 Å². The molecule has 5 heterocycles. The van der Waals surface area contributed by atoms with Gasteiger partial charge in [0.25, 0.3) is 0 Å². The summed E-state index contributed by atoms with van der Waals surface area (Å²) in [6.07, 6.45) is 1.93. The van der Waals surface area contributed by atoms with Crippen LogP contribution in [0, 0.1) is 18.3 Å². The molecular formula is C45H37ClN6O6S.